The first-order chi connectivity index (χ1) is 8.63. The molecule has 1 aliphatic heterocycles. The zero-order valence-corrected chi connectivity index (χ0v) is 11.1. The zero-order valence-electron chi connectivity index (χ0n) is 11.1. The molecule has 0 aliphatic carbocycles. The average molecular weight is 251 g/mol. The van der Waals surface area contributed by atoms with Gasteiger partial charge in [0.25, 0.3) is 0 Å². The molecule has 0 amide bonds. The topological polar surface area (TPSA) is 32.5 Å². The number of benzene rings is 1. The summed E-state index contributed by atoms with van der Waals surface area (Å²) in [6, 6.07) is 7.73. The minimum atomic E-state index is -0.142. The second-order valence-electron chi connectivity index (χ2n) is 5.12. The molecule has 3 nitrogen and oxygen atoms in total. The Labute approximate surface area is 108 Å². The quantitative estimate of drug-likeness (QED) is 0.887. The van der Waals surface area contributed by atoms with Crippen molar-refractivity contribution in [2.75, 3.05) is 31.6 Å². The number of hydrogen-bond acceptors (Lipinski definition) is 3. The molecule has 1 saturated heterocycles. The van der Waals surface area contributed by atoms with E-state index in [1.807, 2.05) is 12.1 Å². The molecule has 100 valence electrons. The lowest BCUT2D eigenvalue weighted by atomic mass is 10.0. The first-order valence-electron chi connectivity index (χ1n) is 6.55. The highest BCUT2D eigenvalue weighted by atomic mass is 19.1. The van der Waals surface area contributed by atoms with E-state index in [4.69, 9.17) is 5.73 Å². The van der Waals surface area contributed by atoms with Crippen molar-refractivity contribution in [3.8, 4) is 0 Å². The number of halogens is 1. The molecule has 2 atom stereocenters. The van der Waals surface area contributed by atoms with E-state index >= 15 is 0 Å². The number of nitrogens with two attached hydrogens (primary N) is 1. The summed E-state index contributed by atoms with van der Waals surface area (Å²) in [7, 11) is 2.12. The Hall–Kier alpha value is -1.13. The minimum Gasteiger partial charge on any atom is -0.363 e. The van der Waals surface area contributed by atoms with Crippen molar-refractivity contribution in [3.63, 3.8) is 0 Å². The Morgan fingerprint density at radius 1 is 1.33 bits per heavy atom. The van der Waals surface area contributed by atoms with Gasteiger partial charge in [0.2, 0.25) is 0 Å². The molecule has 0 spiro atoms. The lowest BCUT2D eigenvalue weighted by Gasteiger charge is -2.45. The third-order valence-corrected chi connectivity index (χ3v) is 3.81. The molecule has 0 aromatic heterocycles. The van der Waals surface area contributed by atoms with E-state index in [0.717, 1.165) is 19.5 Å². The molecule has 1 aromatic carbocycles. The predicted molar refractivity (Wildman–Crippen MR) is 73.3 cm³/mol. The van der Waals surface area contributed by atoms with Gasteiger partial charge in [0.15, 0.2) is 0 Å². The Bertz CT molecular complexity index is 396. The van der Waals surface area contributed by atoms with E-state index in [1.165, 1.54) is 6.07 Å². The summed E-state index contributed by atoms with van der Waals surface area (Å²) in [6.45, 7) is 4.60. The van der Waals surface area contributed by atoms with Crippen LogP contribution in [0.2, 0.25) is 0 Å². The summed E-state index contributed by atoms with van der Waals surface area (Å²) in [5, 5.41) is 0. The van der Waals surface area contributed by atoms with Gasteiger partial charge in [-0.2, -0.15) is 0 Å². The molecular weight excluding hydrogens is 229 g/mol. The summed E-state index contributed by atoms with van der Waals surface area (Å²) in [5.74, 6) is -0.142. The van der Waals surface area contributed by atoms with Crippen LogP contribution in [0, 0.1) is 5.82 Å². The van der Waals surface area contributed by atoms with Crippen molar-refractivity contribution in [1.29, 1.82) is 0 Å². The van der Waals surface area contributed by atoms with E-state index < -0.39 is 0 Å². The van der Waals surface area contributed by atoms with Crippen LogP contribution >= 0.6 is 0 Å². The van der Waals surface area contributed by atoms with Crippen molar-refractivity contribution in [2.24, 2.45) is 5.73 Å². The Morgan fingerprint density at radius 2 is 2.06 bits per heavy atom. The van der Waals surface area contributed by atoms with Crippen LogP contribution in [0.5, 0.6) is 0 Å². The maximum Gasteiger partial charge on any atom is 0.146 e. The van der Waals surface area contributed by atoms with Crippen molar-refractivity contribution in [2.45, 2.75) is 25.4 Å². The predicted octanol–water partition coefficient (Wildman–Crippen LogP) is 1.68. The highest BCUT2D eigenvalue weighted by Gasteiger charge is 2.30. The van der Waals surface area contributed by atoms with Crippen molar-refractivity contribution in [3.05, 3.63) is 30.1 Å². The van der Waals surface area contributed by atoms with Gasteiger partial charge in [0.05, 0.1) is 5.69 Å². The van der Waals surface area contributed by atoms with E-state index in [0.29, 0.717) is 24.3 Å². The Kier molecular flexibility index (Phi) is 4.19. The van der Waals surface area contributed by atoms with Gasteiger partial charge in [0, 0.05) is 25.2 Å². The van der Waals surface area contributed by atoms with Crippen molar-refractivity contribution < 1.29 is 4.39 Å². The standard InChI is InChI=1S/C14H22FN3/c1-11-9-18(12(7-8-16)10-17(11)2)14-6-4-3-5-13(14)15/h3-6,11-12H,7-10,16H2,1-2H3. The van der Waals surface area contributed by atoms with Crippen molar-refractivity contribution in [1.82, 2.24) is 4.90 Å². The maximum atomic E-state index is 13.9. The monoisotopic (exact) mass is 251 g/mol. The number of anilines is 1. The highest BCUT2D eigenvalue weighted by molar-refractivity contribution is 5.49. The molecular formula is C14H22FN3. The molecule has 4 heteroatoms. The van der Waals surface area contributed by atoms with Crippen LogP contribution in [0.1, 0.15) is 13.3 Å². The van der Waals surface area contributed by atoms with E-state index in [2.05, 4.69) is 23.8 Å². The molecule has 1 aromatic rings. The third kappa shape index (κ3) is 2.65. The zero-order chi connectivity index (χ0) is 13.1. The second kappa shape index (κ2) is 5.67. The first-order valence-corrected chi connectivity index (χ1v) is 6.55. The van der Waals surface area contributed by atoms with Crippen LogP contribution in [0.15, 0.2) is 24.3 Å². The fourth-order valence-electron chi connectivity index (χ4n) is 2.60. The number of nitrogens with zero attached hydrogens (tertiary/aromatic N) is 2. The average Bonchev–Trinajstić information content (AvgIpc) is 2.35. The molecule has 2 N–H and O–H groups in total. The Balaban J connectivity index is 2.25. The summed E-state index contributed by atoms with van der Waals surface area (Å²) in [5.41, 5.74) is 6.38. The molecule has 1 aliphatic rings. The number of likely N-dealkylation sites (N-methyl/N-ethyl adjacent to an activating group) is 1. The van der Waals surface area contributed by atoms with Crippen LogP contribution in [0.25, 0.3) is 0 Å². The normalized spacial score (nSPS) is 25.4. The van der Waals surface area contributed by atoms with Gasteiger partial charge in [-0.1, -0.05) is 12.1 Å². The van der Waals surface area contributed by atoms with Crippen LogP contribution in [-0.4, -0.2) is 43.7 Å². The van der Waals surface area contributed by atoms with Gasteiger partial charge >= 0.3 is 0 Å². The second-order valence-corrected chi connectivity index (χ2v) is 5.12. The molecule has 0 bridgehead atoms. The van der Waals surface area contributed by atoms with Crippen LogP contribution < -0.4 is 10.6 Å². The molecule has 18 heavy (non-hydrogen) atoms. The molecule has 0 saturated carbocycles. The smallest absolute Gasteiger partial charge is 0.146 e. The highest BCUT2D eigenvalue weighted by Crippen LogP contribution is 2.26. The minimum absolute atomic E-state index is 0.142. The number of piperazine rings is 1. The SMILES string of the molecule is CC1CN(c2ccccc2F)C(CCN)CN1C. The van der Waals surface area contributed by atoms with E-state index in [1.54, 1.807) is 6.07 Å². The molecule has 0 radical (unpaired) electrons. The number of para-hydroxylation sites is 1. The summed E-state index contributed by atoms with van der Waals surface area (Å²) >= 11 is 0. The van der Waals surface area contributed by atoms with Crippen LogP contribution in [-0.2, 0) is 0 Å². The summed E-state index contributed by atoms with van der Waals surface area (Å²) < 4.78 is 13.9. The molecule has 1 fully saturated rings. The van der Waals surface area contributed by atoms with Gasteiger partial charge in [-0.25, -0.2) is 4.39 Å². The van der Waals surface area contributed by atoms with Gasteiger partial charge in [-0.05, 0) is 39.1 Å². The van der Waals surface area contributed by atoms with Crippen LogP contribution in [0.3, 0.4) is 0 Å². The van der Waals surface area contributed by atoms with Gasteiger partial charge in [-0.3, -0.25) is 4.90 Å². The van der Waals surface area contributed by atoms with E-state index in [-0.39, 0.29) is 5.82 Å². The van der Waals surface area contributed by atoms with Crippen LogP contribution in [0.4, 0.5) is 10.1 Å². The number of rotatable bonds is 3. The first kappa shape index (κ1) is 13.3. The van der Waals surface area contributed by atoms with Gasteiger partial charge < -0.3 is 10.6 Å². The fraction of sp³-hybridized carbons (Fsp3) is 0.571. The largest absolute Gasteiger partial charge is 0.363 e. The van der Waals surface area contributed by atoms with Gasteiger partial charge in [-0.15, -0.1) is 0 Å². The lowest BCUT2D eigenvalue weighted by molar-refractivity contribution is 0.195. The molecule has 2 rings (SSSR count). The lowest BCUT2D eigenvalue weighted by Crippen LogP contribution is -2.56. The number of hydrogen-bond donors (Lipinski definition) is 1. The van der Waals surface area contributed by atoms with Crippen molar-refractivity contribution >= 4 is 5.69 Å². The molecule has 2 unspecified atom stereocenters. The maximum absolute atomic E-state index is 13.9. The summed E-state index contributed by atoms with van der Waals surface area (Å²) in [4.78, 5) is 4.49. The molecule has 1 heterocycles. The fourth-order valence-corrected chi connectivity index (χ4v) is 2.60. The van der Waals surface area contributed by atoms with Gasteiger partial charge in [0.1, 0.15) is 5.82 Å². The Morgan fingerprint density at radius 3 is 2.72 bits per heavy atom. The van der Waals surface area contributed by atoms with E-state index in [9.17, 15) is 4.39 Å². The summed E-state index contributed by atoms with van der Waals surface area (Å²) in [6.07, 6.45) is 0.894. The third-order valence-electron chi connectivity index (χ3n) is 3.81.